The summed E-state index contributed by atoms with van der Waals surface area (Å²) in [4.78, 5) is 14.2. The highest BCUT2D eigenvalue weighted by Crippen LogP contribution is 2.25. The molecule has 0 saturated carbocycles. The highest BCUT2D eigenvalue weighted by atomic mass is 16.2. The van der Waals surface area contributed by atoms with E-state index < -0.39 is 6.04 Å². The number of carbonyl (C=O) groups is 1. The first-order valence-electron chi connectivity index (χ1n) is 6.69. The molecule has 2 atom stereocenters. The van der Waals surface area contributed by atoms with Gasteiger partial charge in [0.2, 0.25) is 5.91 Å². The summed E-state index contributed by atoms with van der Waals surface area (Å²) in [6.07, 6.45) is 1.10. The molecule has 1 heterocycles. The zero-order valence-corrected chi connectivity index (χ0v) is 11.2. The quantitative estimate of drug-likeness (QED) is 0.888. The van der Waals surface area contributed by atoms with Crippen LogP contribution < -0.4 is 5.73 Å². The largest absolute Gasteiger partial charge is 0.341 e. The fraction of sp³-hybridized carbons (Fsp3) is 0.533. The highest BCUT2D eigenvalue weighted by molar-refractivity contribution is 5.83. The molecule has 0 spiro atoms. The second kappa shape index (κ2) is 5.53. The minimum atomic E-state index is -0.517. The molecule has 1 aromatic rings. The van der Waals surface area contributed by atoms with Crippen LogP contribution in [0, 0.1) is 11.8 Å². The number of benzene rings is 1. The van der Waals surface area contributed by atoms with E-state index in [1.54, 1.807) is 0 Å². The van der Waals surface area contributed by atoms with Gasteiger partial charge in [0.25, 0.3) is 0 Å². The number of hydrogen-bond acceptors (Lipinski definition) is 2. The van der Waals surface area contributed by atoms with Crippen molar-refractivity contribution in [3.8, 4) is 0 Å². The highest BCUT2D eigenvalue weighted by Gasteiger charge is 2.30. The van der Waals surface area contributed by atoms with Gasteiger partial charge in [-0.1, -0.05) is 44.2 Å². The van der Waals surface area contributed by atoms with Crippen molar-refractivity contribution in [3.63, 3.8) is 0 Å². The summed E-state index contributed by atoms with van der Waals surface area (Å²) in [5.41, 5.74) is 6.95. The molecule has 98 valence electrons. The van der Waals surface area contributed by atoms with Crippen LogP contribution in [0.15, 0.2) is 30.3 Å². The third-order valence-electron chi connectivity index (χ3n) is 3.90. The van der Waals surface area contributed by atoms with Gasteiger partial charge in [0.1, 0.15) is 6.04 Å². The summed E-state index contributed by atoms with van der Waals surface area (Å²) in [6.45, 7) is 6.14. The Kier molecular flexibility index (Phi) is 4.02. The van der Waals surface area contributed by atoms with Crippen LogP contribution >= 0.6 is 0 Å². The molecule has 3 nitrogen and oxygen atoms in total. The maximum absolute atomic E-state index is 12.3. The van der Waals surface area contributed by atoms with Crippen LogP contribution in [0.25, 0.3) is 0 Å². The molecule has 0 radical (unpaired) electrons. The van der Waals surface area contributed by atoms with Crippen molar-refractivity contribution < 1.29 is 4.79 Å². The lowest BCUT2D eigenvalue weighted by molar-refractivity contribution is -0.131. The van der Waals surface area contributed by atoms with Gasteiger partial charge in [0, 0.05) is 13.1 Å². The molecule has 0 aromatic heterocycles. The zero-order valence-electron chi connectivity index (χ0n) is 11.2. The summed E-state index contributed by atoms with van der Waals surface area (Å²) in [7, 11) is 0. The molecular weight excluding hydrogens is 224 g/mol. The van der Waals surface area contributed by atoms with E-state index >= 15 is 0 Å². The van der Waals surface area contributed by atoms with Gasteiger partial charge in [0.15, 0.2) is 0 Å². The van der Waals surface area contributed by atoms with Gasteiger partial charge >= 0.3 is 0 Å². The van der Waals surface area contributed by atoms with E-state index in [0.29, 0.717) is 11.8 Å². The molecule has 1 aliphatic heterocycles. The smallest absolute Gasteiger partial charge is 0.244 e. The van der Waals surface area contributed by atoms with Gasteiger partial charge in [0.05, 0.1) is 0 Å². The summed E-state index contributed by atoms with van der Waals surface area (Å²) in [6, 6.07) is 9.09. The molecule has 1 unspecified atom stereocenters. The van der Waals surface area contributed by atoms with Crippen molar-refractivity contribution in [2.24, 2.45) is 17.6 Å². The third-order valence-corrected chi connectivity index (χ3v) is 3.90. The number of likely N-dealkylation sites (tertiary alicyclic amines) is 1. The molecule has 18 heavy (non-hydrogen) atoms. The van der Waals surface area contributed by atoms with Crippen molar-refractivity contribution in [2.45, 2.75) is 26.3 Å². The molecule has 2 rings (SSSR count). The van der Waals surface area contributed by atoms with Crippen LogP contribution in [-0.4, -0.2) is 23.9 Å². The van der Waals surface area contributed by atoms with Gasteiger partial charge in [-0.15, -0.1) is 0 Å². The van der Waals surface area contributed by atoms with Crippen LogP contribution in [0.2, 0.25) is 0 Å². The van der Waals surface area contributed by atoms with Crippen LogP contribution in [0.4, 0.5) is 0 Å². The van der Waals surface area contributed by atoms with E-state index in [1.165, 1.54) is 0 Å². The van der Waals surface area contributed by atoms with Crippen LogP contribution in [-0.2, 0) is 4.79 Å². The Labute approximate surface area is 109 Å². The van der Waals surface area contributed by atoms with E-state index in [4.69, 9.17) is 5.73 Å². The lowest BCUT2D eigenvalue weighted by Crippen LogP contribution is -2.37. The SMILES string of the molecule is CC(C)C1CCN(C(=O)[C@H](N)c2ccccc2)C1. The lowest BCUT2D eigenvalue weighted by Gasteiger charge is -2.22. The van der Waals surface area contributed by atoms with E-state index in [-0.39, 0.29) is 5.91 Å². The minimum absolute atomic E-state index is 0.0596. The fourth-order valence-electron chi connectivity index (χ4n) is 2.53. The van der Waals surface area contributed by atoms with Crippen LogP contribution in [0.1, 0.15) is 31.9 Å². The molecule has 1 aliphatic rings. The van der Waals surface area contributed by atoms with Crippen molar-refractivity contribution in [1.29, 1.82) is 0 Å². The molecule has 1 saturated heterocycles. The molecular formula is C15H22N2O. The number of nitrogens with two attached hydrogens (primary N) is 1. The minimum Gasteiger partial charge on any atom is -0.341 e. The Balaban J connectivity index is 2.00. The van der Waals surface area contributed by atoms with Crippen molar-refractivity contribution in [3.05, 3.63) is 35.9 Å². The van der Waals surface area contributed by atoms with Gasteiger partial charge in [-0.25, -0.2) is 0 Å². The molecule has 0 aliphatic carbocycles. The number of hydrogen-bond donors (Lipinski definition) is 1. The maximum Gasteiger partial charge on any atom is 0.244 e. The van der Waals surface area contributed by atoms with Gasteiger partial charge in [-0.05, 0) is 23.8 Å². The molecule has 1 aromatic carbocycles. The summed E-state index contributed by atoms with van der Waals surface area (Å²) in [5, 5.41) is 0. The maximum atomic E-state index is 12.3. The third kappa shape index (κ3) is 2.72. The first-order valence-corrected chi connectivity index (χ1v) is 6.69. The summed E-state index contributed by atoms with van der Waals surface area (Å²) < 4.78 is 0. The Hall–Kier alpha value is -1.35. The second-order valence-electron chi connectivity index (χ2n) is 5.47. The summed E-state index contributed by atoms with van der Waals surface area (Å²) in [5.74, 6) is 1.32. The van der Waals surface area contributed by atoms with Crippen molar-refractivity contribution in [2.75, 3.05) is 13.1 Å². The average Bonchev–Trinajstić information content (AvgIpc) is 2.88. The van der Waals surface area contributed by atoms with Crippen molar-refractivity contribution in [1.82, 2.24) is 4.90 Å². The Bertz CT molecular complexity index is 402. The fourth-order valence-corrected chi connectivity index (χ4v) is 2.53. The van der Waals surface area contributed by atoms with Crippen LogP contribution in [0.3, 0.4) is 0 Å². The Morgan fingerprint density at radius 3 is 2.56 bits per heavy atom. The molecule has 1 amide bonds. The summed E-state index contributed by atoms with van der Waals surface area (Å²) >= 11 is 0. The normalized spacial score (nSPS) is 21.3. The average molecular weight is 246 g/mol. The van der Waals surface area contributed by atoms with E-state index in [9.17, 15) is 4.79 Å². The number of nitrogens with zero attached hydrogens (tertiary/aromatic N) is 1. The monoisotopic (exact) mass is 246 g/mol. The van der Waals surface area contributed by atoms with E-state index in [0.717, 1.165) is 25.1 Å². The number of amides is 1. The second-order valence-corrected chi connectivity index (χ2v) is 5.47. The Morgan fingerprint density at radius 2 is 2.00 bits per heavy atom. The first kappa shape index (κ1) is 13.1. The number of rotatable bonds is 3. The Morgan fingerprint density at radius 1 is 1.33 bits per heavy atom. The predicted octanol–water partition coefficient (Wildman–Crippen LogP) is 2.19. The van der Waals surface area contributed by atoms with Gasteiger partial charge < -0.3 is 10.6 Å². The molecule has 2 N–H and O–H groups in total. The lowest BCUT2D eigenvalue weighted by atomic mass is 9.95. The van der Waals surface area contributed by atoms with E-state index in [2.05, 4.69) is 13.8 Å². The van der Waals surface area contributed by atoms with Gasteiger partial charge in [-0.3, -0.25) is 4.79 Å². The van der Waals surface area contributed by atoms with Crippen molar-refractivity contribution >= 4 is 5.91 Å². The van der Waals surface area contributed by atoms with Crippen LogP contribution in [0.5, 0.6) is 0 Å². The van der Waals surface area contributed by atoms with Gasteiger partial charge in [-0.2, -0.15) is 0 Å². The van der Waals surface area contributed by atoms with E-state index in [1.807, 2.05) is 35.2 Å². The molecule has 1 fully saturated rings. The predicted molar refractivity (Wildman–Crippen MR) is 72.9 cm³/mol. The molecule has 0 bridgehead atoms. The first-order chi connectivity index (χ1) is 8.59. The molecule has 3 heteroatoms. The number of carbonyl (C=O) groups excluding carboxylic acids is 1. The zero-order chi connectivity index (χ0) is 13.1. The standard InChI is InChI=1S/C15H22N2O/c1-11(2)13-8-9-17(10-13)15(18)14(16)12-6-4-3-5-7-12/h3-7,11,13-14H,8-10,16H2,1-2H3/t13?,14-/m1/s1. The topological polar surface area (TPSA) is 46.3 Å².